The molecular weight excluding hydrogens is 732 g/mol. The molecule has 57 heavy (non-hydrogen) atoms. The molecule has 0 radical (unpaired) electrons. The van der Waals surface area contributed by atoms with E-state index in [0.29, 0.717) is 44.5 Å². The zero-order valence-electron chi connectivity index (χ0n) is 32.6. The minimum Gasteiger partial charge on any atom is -0.478 e. The van der Waals surface area contributed by atoms with Crippen molar-refractivity contribution in [2.45, 2.75) is 119 Å². The molecule has 1 saturated carbocycles. The lowest BCUT2D eigenvalue weighted by Crippen LogP contribution is -2.70. The third kappa shape index (κ3) is 9.75. The zero-order chi connectivity index (χ0) is 40.7. The van der Waals surface area contributed by atoms with Gasteiger partial charge < -0.3 is 54.7 Å². The summed E-state index contributed by atoms with van der Waals surface area (Å²) in [7, 11) is 1.65. The molecule has 0 amide bonds. The molecule has 1 saturated heterocycles. The van der Waals surface area contributed by atoms with E-state index in [0.717, 1.165) is 29.5 Å². The summed E-state index contributed by atoms with van der Waals surface area (Å²) in [5.74, 6) is 1.01. The van der Waals surface area contributed by atoms with Crippen LogP contribution in [0.4, 0.5) is 0 Å². The van der Waals surface area contributed by atoms with Crippen LogP contribution >= 0.6 is 0 Å². The molecule has 0 aromatic heterocycles. The van der Waals surface area contributed by atoms with Crippen LogP contribution in [0.15, 0.2) is 67.3 Å². The lowest BCUT2D eigenvalue weighted by Gasteiger charge is -2.51. The van der Waals surface area contributed by atoms with Crippen molar-refractivity contribution in [2.75, 3.05) is 20.3 Å². The summed E-state index contributed by atoms with van der Waals surface area (Å²) in [6, 6.07) is 12.3. The van der Waals surface area contributed by atoms with Gasteiger partial charge in [-0.05, 0) is 123 Å². The Hall–Kier alpha value is -3.77. The van der Waals surface area contributed by atoms with Crippen molar-refractivity contribution >= 4 is 5.97 Å². The lowest BCUT2D eigenvalue weighted by molar-refractivity contribution is -0.334. The van der Waals surface area contributed by atoms with Gasteiger partial charge in [-0.2, -0.15) is 0 Å². The number of rotatable bonds is 15. The van der Waals surface area contributed by atoms with Crippen LogP contribution in [0.2, 0.25) is 0 Å². The normalized spacial score (nSPS) is 34.9. The number of fused-ring (bicyclic) bond motifs is 9. The molecule has 2 aromatic rings. The SMILES string of the molecule is C=CCc1ccc(O[C@H]2O[C@H]3[C@@H](O)[C@H](O)[C@]2(O)C[C@H]([C@H]2C=C[C@H]4C[C@@H](Cc5ccc(C(=O)O)cc5)C[C@]4(O)C2)[C@@H](O)CC#CO[C@@H]3CCCO)cc1CCCOC. The molecule has 12 heteroatoms. The van der Waals surface area contributed by atoms with Crippen molar-refractivity contribution in [1.29, 1.82) is 0 Å². The summed E-state index contributed by atoms with van der Waals surface area (Å²) in [6.45, 7) is 4.29. The Bertz CT molecular complexity index is 1770. The van der Waals surface area contributed by atoms with Crippen LogP contribution in [0.5, 0.6) is 5.75 Å². The highest BCUT2D eigenvalue weighted by molar-refractivity contribution is 5.87. The predicted molar refractivity (Wildman–Crippen MR) is 210 cm³/mol. The number of ether oxygens (including phenoxy) is 4. The van der Waals surface area contributed by atoms with Crippen LogP contribution in [0.1, 0.15) is 78.4 Å². The van der Waals surface area contributed by atoms with Gasteiger partial charge in [-0.1, -0.05) is 42.3 Å². The number of benzene rings is 2. The van der Waals surface area contributed by atoms with Crippen LogP contribution in [-0.2, 0) is 33.5 Å². The second-order valence-corrected chi connectivity index (χ2v) is 16.4. The number of aliphatic hydroxyl groups excluding tert-OH is 4. The topological polar surface area (TPSA) is 196 Å². The average Bonchev–Trinajstić information content (AvgIpc) is 3.52. The van der Waals surface area contributed by atoms with Crippen LogP contribution in [0.25, 0.3) is 0 Å². The molecule has 2 aliphatic carbocycles. The van der Waals surface area contributed by atoms with Crippen molar-refractivity contribution in [2.24, 2.45) is 23.7 Å². The molecule has 7 rings (SSSR count). The van der Waals surface area contributed by atoms with Gasteiger partial charge in [0, 0.05) is 32.7 Å². The van der Waals surface area contributed by atoms with Crippen molar-refractivity contribution in [1.82, 2.24) is 0 Å². The summed E-state index contributed by atoms with van der Waals surface area (Å²) >= 11 is 0. The van der Waals surface area contributed by atoms with Gasteiger partial charge in [0.05, 0.1) is 17.3 Å². The molecule has 3 heterocycles. The summed E-state index contributed by atoms with van der Waals surface area (Å²) in [4.78, 5) is 11.3. The number of hydrogen-bond donors (Lipinski definition) is 7. The monoisotopic (exact) mass is 790 g/mol. The Kier molecular flexibility index (Phi) is 14.2. The fourth-order valence-corrected chi connectivity index (χ4v) is 9.48. The number of hydrogen-bond acceptors (Lipinski definition) is 11. The summed E-state index contributed by atoms with van der Waals surface area (Å²) < 4.78 is 24.0. The maximum absolute atomic E-state index is 12.7. The Morgan fingerprint density at radius 2 is 1.82 bits per heavy atom. The molecule has 12 atom stereocenters. The fraction of sp³-hybridized carbons (Fsp3) is 0.578. The molecule has 5 aliphatic rings. The smallest absolute Gasteiger partial charge is 0.335 e. The van der Waals surface area contributed by atoms with E-state index in [1.807, 2.05) is 42.5 Å². The number of carbonyl (C=O) groups is 1. The van der Waals surface area contributed by atoms with Gasteiger partial charge in [-0.25, -0.2) is 4.79 Å². The third-order valence-corrected chi connectivity index (χ3v) is 12.5. The highest BCUT2D eigenvalue weighted by Crippen LogP contribution is 2.51. The van der Waals surface area contributed by atoms with Crippen molar-refractivity contribution in [3.8, 4) is 17.8 Å². The van der Waals surface area contributed by atoms with E-state index in [2.05, 4.69) is 18.6 Å². The van der Waals surface area contributed by atoms with Gasteiger partial charge in [0.25, 0.3) is 0 Å². The van der Waals surface area contributed by atoms with E-state index in [9.17, 15) is 40.5 Å². The van der Waals surface area contributed by atoms with E-state index < -0.39 is 65.8 Å². The van der Waals surface area contributed by atoms with E-state index in [4.69, 9.17) is 18.9 Å². The number of aliphatic hydroxyl groups is 6. The molecule has 310 valence electrons. The number of carboxylic acids is 1. The Morgan fingerprint density at radius 1 is 1.04 bits per heavy atom. The second kappa shape index (κ2) is 18.9. The van der Waals surface area contributed by atoms with Gasteiger partial charge in [0.1, 0.15) is 36.3 Å². The Balaban J connectivity index is 1.30. The average molecular weight is 791 g/mol. The zero-order valence-corrected chi connectivity index (χ0v) is 32.6. The van der Waals surface area contributed by atoms with E-state index in [1.165, 1.54) is 0 Å². The molecular formula is C45H58O12. The second-order valence-electron chi connectivity index (χ2n) is 16.4. The quantitative estimate of drug-likeness (QED) is 0.0787. The maximum Gasteiger partial charge on any atom is 0.335 e. The molecule has 3 aliphatic heterocycles. The highest BCUT2D eigenvalue weighted by Gasteiger charge is 2.60. The van der Waals surface area contributed by atoms with Gasteiger partial charge in [0.2, 0.25) is 6.29 Å². The van der Waals surface area contributed by atoms with Gasteiger partial charge in [0.15, 0.2) is 5.60 Å². The lowest BCUT2D eigenvalue weighted by atomic mass is 9.67. The molecule has 7 N–H and O–H groups in total. The van der Waals surface area contributed by atoms with Crippen LogP contribution in [0.3, 0.4) is 0 Å². The van der Waals surface area contributed by atoms with Gasteiger partial charge in [-0.3, -0.25) is 0 Å². The molecule has 2 fully saturated rings. The Morgan fingerprint density at radius 3 is 2.54 bits per heavy atom. The number of carboxylic acid groups (broad SMARTS) is 1. The third-order valence-electron chi connectivity index (χ3n) is 12.5. The fourth-order valence-electron chi connectivity index (χ4n) is 9.48. The number of methoxy groups -OCH3 is 1. The van der Waals surface area contributed by atoms with Crippen LogP contribution in [0, 0.1) is 35.7 Å². The van der Waals surface area contributed by atoms with E-state index >= 15 is 0 Å². The maximum atomic E-state index is 12.7. The minimum absolute atomic E-state index is 0.0279. The molecule has 2 aromatic carbocycles. The summed E-state index contributed by atoms with van der Waals surface area (Å²) in [6.07, 6.45) is 4.65. The highest BCUT2D eigenvalue weighted by atomic mass is 16.7. The first-order valence-electron chi connectivity index (χ1n) is 20.2. The van der Waals surface area contributed by atoms with Gasteiger partial charge in [-0.15, -0.1) is 6.58 Å². The van der Waals surface area contributed by atoms with Crippen molar-refractivity contribution in [3.05, 3.63) is 89.5 Å². The number of allylic oxidation sites excluding steroid dienone is 2. The number of aromatic carboxylic acids is 1. The first-order valence-corrected chi connectivity index (χ1v) is 20.2. The molecule has 0 unspecified atom stereocenters. The molecule has 0 spiro atoms. The standard InChI is InChI=1S/C45H58O12/c1-3-7-30-16-18-35(24-32(30)8-5-20-54-2)56-43-45(53)27-36(37(47)9-6-21-55-38(10-4-19-46)40(57-43)39(48)41(45)49)33-15-17-34-23-29(25-44(34,52)26-33)22-28-11-13-31(14-12-28)42(50)51/h3,11-18,24,29,33-34,36-41,43,46-49,52-53H,1,4-5,7-10,19-20,22-23,25-27H2,2H3,(H,50,51)/t29-,33+,34+,36-,37+,38-,39-,40-,41+,43+,44+,45-/m1/s1. The largest absolute Gasteiger partial charge is 0.478 e. The predicted octanol–water partition coefficient (Wildman–Crippen LogP) is 3.71. The van der Waals surface area contributed by atoms with E-state index in [-0.39, 0.29) is 49.7 Å². The van der Waals surface area contributed by atoms with Crippen molar-refractivity contribution < 1.29 is 59.5 Å². The Labute approximate surface area is 334 Å². The molecule has 2 bridgehead atoms. The van der Waals surface area contributed by atoms with E-state index in [1.54, 1.807) is 25.3 Å². The first-order chi connectivity index (χ1) is 27.4. The van der Waals surface area contributed by atoms with Crippen molar-refractivity contribution in [3.63, 3.8) is 0 Å². The first kappa shape index (κ1) is 42.8. The van der Waals surface area contributed by atoms with Gasteiger partial charge >= 0.3 is 5.97 Å². The van der Waals surface area contributed by atoms with Crippen LogP contribution in [-0.4, -0.2) is 110 Å². The minimum atomic E-state index is -2.25. The van der Waals surface area contributed by atoms with Crippen LogP contribution < -0.4 is 4.74 Å². The number of aryl methyl sites for hydroxylation is 1. The summed E-state index contributed by atoms with van der Waals surface area (Å²) in [5, 5.41) is 79.2. The molecule has 12 nitrogen and oxygen atoms in total. The summed E-state index contributed by atoms with van der Waals surface area (Å²) in [5.41, 5.74) is -0.124.